The van der Waals surface area contributed by atoms with Crippen LogP contribution in [0.25, 0.3) is 10.8 Å². The highest BCUT2D eigenvalue weighted by atomic mass is 16.5. The molecule has 2 atom stereocenters. The van der Waals surface area contributed by atoms with Gasteiger partial charge in [-0.25, -0.2) is 0 Å². The summed E-state index contributed by atoms with van der Waals surface area (Å²) in [5, 5.41) is 22.3. The second-order valence-electron chi connectivity index (χ2n) is 8.27. The van der Waals surface area contributed by atoms with Crippen LogP contribution < -0.4 is 9.47 Å². The van der Waals surface area contributed by atoms with Crippen LogP contribution >= 0.6 is 0 Å². The highest BCUT2D eigenvalue weighted by Gasteiger charge is 2.09. The van der Waals surface area contributed by atoms with Crippen molar-refractivity contribution in [1.82, 2.24) is 0 Å². The van der Waals surface area contributed by atoms with Crippen molar-refractivity contribution in [2.45, 2.75) is 90.3 Å². The van der Waals surface area contributed by atoms with E-state index in [9.17, 15) is 10.2 Å². The Labute approximate surface area is 182 Å². The third kappa shape index (κ3) is 8.93. The molecule has 0 saturated heterocycles. The molecule has 168 valence electrons. The molecule has 4 heteroatoms. The molecule has 0 radical (unpaired) electrons. The van der Waals surface area contributed by atoms with Gasteiger partial charge in [-0.05, 0) is 42.5 Å². The van der Waals surface area contributed by atoms with E-state index in [4.69, 9.17) is 9.47 Å². The van der Waals surface area contributed by atoms with Crippen LogP contribution in [-0.2, 0) is 0 Å². The van der Waals surface area contributed by atoms with Crippen LogP contribution in [0.3, 0.4) is 0 Å². The van der Waals surface area contributed by atoms with E-state index >= 15 is 0 Å². The summed E-state index contributed by atoms with van der Waals surface area (Å²) in [7, 11) is 0. The van der Waals surface area contributed by atoms with Gasteiger partial charge in [-0.3, -0.25) is 0 Å². The Kier molecular flexibility index (Phi) is 11.6. The fourth-order valence-electron chi connectivity index (χ4n) is 3.61. The smallest absolute Gasteiger partial charge is 0.127 e. The number of fused-ring (bicyclic) bond motifs is 1. The third-order valence-corrected chi connectivity index (χ3v) is 5.47. The van der Waals surface area contributed by atoms with Crippen LogP contribution in [0.1, 0.15) is 78.1 Å². The van der Waals surface area contributed by atoms with Gasteiger partial charge in [0.25, 0.3) is 0 Å². The lowest BCUT2D eigenvalue weighted by atomic mass is 10.1. The van der Waals surface area contributed by atoms with E-state index in [1.54, 1.807) is 0 Å². The molecule has 0 spiro atoms. The van der Waals surface area contributed by atoms with Gasteiger partial charge in [0.2, 0.25) is 0 Å². The topological polar surface area (TPSA) is 58.9 Å². The number of aliphatic hydroxyl groups excluding tert-OH is 2. The number of hydrogen-bond acceptors (Lipinski definition) is 4. The van der Waals surface area contributed by atoms with Gasteiger partial charge in [0, 0.05) is 5.39 Å². The molecule has 4 nitrogen and oxygen atoms in total. The predicted molar refractivity (Wildman–Crippen MR) is 124 cm³/mol. The summed E-state index contributed by atoms with van der Waals surface area (Å²) in [6.45, 7) is 5.01. The Balaban J connectivity index is 1.84. The van der Waals surface area contributed by atoms with Gasteiger partial charge in [-0.1, -0.05) is 77.3 Å². The van der Waals surface area contributed by atoms with E-state index in [1.807, 2.05) is 36.4 Å². The molecular weight excluding hydrogens is 376 g/mol. The summed E-state index contributed by atoms with van der Waals surface area (Å²) < 4.78 is 11.7. The standard InChI is InChI=1S/C26H40O4/c1-3-5-7-9-13-22(27)19-29-24-16-17-25-21(18-24)12-11-15-26(25)30-20-23(28)14-10-8-6-4-2/h11-12,15-18,22-23,27-28H,3-10,13-14,19-20H2,1-2H3. The lowest BCUT2D eigenvalue weighted by molar-refractivity contribution is 0.0975. The number of unbranched alkanes of at least 4 members (excludes halogenated alkanes) is 6. The van der Waals surface area contributed by atoms with Gasteiger partial charge in [-0.15, -0.1) is 0 Å². The number of aliphatic hydroxyl groups is 2. The maximum atomic E-state index is 10.2. The lowest BCUT2D eigenvalue weighted by Crippen LogP contribution is -2.17. The molecule has 0 saturated carbocycles. The van der Waals surface area contributed by atoms with E-state index in [0.29, 0.717) is 13.2 Å². The fraction of sp³-hybridized carbons (Fsp3) is 0.615. The summed E-state index contributed by atoms with van der Waals surface area (Å²) in [4.78, 5) is 0. The highest BCUT2D eigenvalue weighted by molar-refractivity contribution is 5.89. The summed E-state index contributed by atoms with van der Waals surface area (Å²) in [6.07, 6.45) is 9.97. The molecule has 0 heterocycles. The van der Waals surface area contributed by atoms with Crippen LogP contribution in [0, 0.1) is 0 Å². The van der Waals surface area contributed by atoms with Crippen molar-refractivity contribution in [2.24, 2.45) is 0 Å². The highest BCUT2D eigenvalue weighted by Crippen LogP contribution is 2.29. The SMILES string of the molecule is CCCCCCC(O)COc1ccc2c(OCC(O)CCCCCC)cccc2c1. The molecule has 2 aromatic rings. The zero-order valence-electron chi connectivity index (χ0n) is 18.8. The van der Waals surface area contributed by atoms with Crippen molar-refractivity contribution < 1.29 is 19.7 Å². The summed E-state index contributed by atoms with van der Waals surface area (Å²) in [5.41, 5.74) is 0. The van der Waals surface area contributed by atoms with Gasteiger partial charge >= 0.3 is 0 Å². The monoisotopic (exact) mass is 416 g/mol. The number of rotatable bonds is 16. The van der Waals surface area contributed by atoms with Crippen LogP contribution in [-0.4, -0.2) is 35.6 Å². The molecule has 0 aliphatic rings. The van der Waals surface area contributed by atoms with Crippen LogP contribution in [0.5, 0.6) is 11.5 Å². The Morgan fingerprint density at radius 1 is 0.733 bits per heavy atom. The molecular formula is C26H40O4. The number of benzene rings is 2. The summed E-state index contributed by atoms with van der Waals surface area (Å²) in [5.74, 6) is 1.53. The van der Waals surface area contributed by atoms with E-state index in [1.165, 1.54) is 32.1 Å². The largest absolute Gasteiger partial charge is 0.491 e. The van der Waals surface area contributed by atoms with Crippen molar-refractivity contribution in [2.75, 3.05) is 13.2 Å². The average molecular weight is 417 g/mol. The number of ether oxygens (including phenoxy) is 2. The molecule has 0 aromatic heterocycles. The Bertz CT molecular complexity index is 715. The minimum atomic E-state index is -0.432. The first-order chi connectivity index (χ1) is 14.6. The van der Waals surface area contributed by atoms with E-state index in [2.05, 4.69) is 13.8 Å². The molecule has 30 heavy (non-hydrogen) atoms. The van der Waals surface area contributed by atoms with Crippen LogP contribution in [0.15, 0.2) is 36.4 Å². The second-order valence-corrected chi connectivity index (χ2v) is 8.27. The molecule has 2 aromatic carbocycles. The summed E-state index contributed by atoms with van der Waals surface area (Å²) >= 11 is 0. The molecule has 0 amide bonds. The third-order valence-electron chi connectivity index (χ3n) is 5.47. The molecule has 0 fully saturated rings. The Morgan fingerprint density at radius 3 is 2.00 bits per heavy atom. The van der Waals surface area contributed by atoms with Crippen LogP contribution in [0.2, 0.25) is 0 Å². The van der Waals surface area contributed by atoms with Crippen molar-refractivity contribution in [3.05, 3.63) is 36.4 Å². The normalized spacial score (nSPS) is 13.3. The maximum Gasteiger partial charge on any atom is 0.127 e. The first-order valence-corrected chi connectivity index (χ1v) is 11.8. The maximum absolute atomic E-state index is 10.2. The first kappa shape index (κ1) is 24.5. The minimum Gasteiger partial charge on any atom is -0.491 e. The molecule has 0 aliphatic heterocycles. The summed E-state index contributed by atoms with van der Waals surface area (Å²) in [6, 6.07) is 11.8. The van der Waals surface area contributed by atoms with Gasteiger partial charge in [0.15, 0.2) is 0 Å². The van der Waals surface area contributed by atoms with Crippen LogP contribution in [0.4, 0.5) is 0 Å². The molecule has 2 N–H and O–H groups in total. The molecule has 0 bridgehead atoms. The van der Waals surface area contributed by atoms with Crippen molar-refractivity contribution >= 4 is 10.8 Å². The fourth-order valence-corrected chi connectivity index (χ4v) is 3.61. The zero-order chi connectivity index (χ0) is 21.6. The van der Waals surface area contributed by atoms with Gasteiger partial charge in [0.05, 0.1) is 12.2 Å². The quantitative estimate of drug-likeness (QED) is 0.317. The van der Waals surface area contributed by atoms with Gasteiger partial charge in [0.1, 0.15) is 24.7 Å². The molecule has 2 rings (SSSR count). The van der Waals surface area contributed by atoms with Gasteiger partial charge in [-0.2, -0.15) is 0 Å². The van der Waals surface area contributed by atoms with Gasteiger partial charge < -0.3 is 19.7 Å². The second kappa shape index (κ2) is 14.3. The minimum absolute atomic E-state index is 0.313. The number of hydrogen-bond donors (Lipinski definition) is 2. The molecule has 2 unspecified atom stereocenters. The van der Waals surface area contributed by atoms with E-state index in [-0.39, 0.29) is 0 Å². The Morgan fingerprint density at radius 2 is 1.37 bits per heavy atom. The first-order valence-electron chi connectivity index (χ1n) is 11.8. The zero-order valence-corrected chi connectivity index (χ0v) is 18.8. The average Bonchev–Trinajstić information content (AvgIpc) is 2.76. The molecule has 0 aliphatic carbocycles. The van der Waals surface area contributed by atoms with Crippen molar-refractivity contribution in [3.8, 4) is 11.5 Å². The van der Waals surface area contributed by atoms with Crippen molar-refractivity contribution in [3.63, 3.8) is 0 Å². The predicted octanol–water partition coefficient (Wildman–Crippen LogP) is 6.26. The van der Waals surface area contributed by atoms with E-state index < -0.39 is 12.2 Å². The lowest BCUT2D eigenvalue weighted by Gasteiger charge is -2.15. The van der Waals surface area contributed by atoms with E-state index in [0.717, 1.165) is 54.4 Å². The van der Waals surface area contributed by atoms with Crippen molar-refractivity contribution in [1.29, 1.82) is 0 Å². The Hall–Kier alpha value is -1.78.